The summed E-state index contributed by atoms with van der Waals surface area (Å²) in [5.41, 5.74) is -0.124. The second kappa shape index (κ2) is 4.43. The molecule has 2 nitrogen and oxygen atoms in total. The summed E-state index contributed by atoms with van der Waals surface area (Å²) in [6.45, 7) is 0. The molecule has 0 radical (unpaired) electrons. The van der Waals surface area contributed by atoms with Crippen LogP contribution in [0.5, 0.6) is 0 Å². The Kier molecular flexibility index (Phi) is 2.90. The molecule has 2 atom stereocenters. The van der Waals surface area contributed by atoms with Crippen LogP contribution in [0, 0.1) is 17.6 Å². The molecule has 0 N–H and O–H groups in total. The van der Waals surface area contributed by atoms with Crippen LogP contribution in [0.4, 0.5) is 8.78 Å². The van der Waals surface area contributed by atoms with Gasteiger partial charge in [-0.15, -0.1) is 0 Å². The topological polar surface area (TPSA) is 26.3 Å². The summed E-state index contributed by atoms with van der Waals surface area (Å²) in [5, 5.41) is 0. The maximum atomic E-state index is 13.6. The van der Waals surface area contributed by atoms with E-state index in [1.807, 2.05) is 0 Å². The largest absolute Gasteiger partial charge is 0.375 e. The zero-order chi connectivity index (χ0) is 12.7. The number of rotatable bonds is 2. The Balaban J connectivity index is 1.84. The van der Waals surface area contributed by atoms with E-state index in [0.29, 0.717) is 12.8 Å². The standard InChI is InChI=1S/C14H14F2O2/c15-12-3-1-2-11(13(12)16)14(17)8-6-9-4-5-10(7-8)18-9/h1-3,8-10H,4-7H2. The molecule has 0 aromatic heterocycles. The van der Waals surface area contributed by atoms with Crippen molar-refractivity contribution in [1.82, 2.24) is 0 Å². The molecule has 2 aliphatic rings. The predicted molar refractivity (Wildman–Crippen MR) is 61.3 cm³/mol. The van der Waals surface area contributed by atoms with E-state index in [2.05, 4.69) is 0 Å². The van der Waals surface area contributed by atoms with Crippen molar-refractivity contribution in [2.24, 2.45) is 5.92 Å². The number of halogens is 2. The number of benzene rings is 1. The summed E-state index contributed by atoms with van der Waals surface area (Å²) in [7, 11) is 0. The van der Waals surface area contributed by atoms with E-state index in [-0.39, 0.29) is 29.5 Å². The lowest BCUT2D eigenvalue weighted by molar-refractivity contribution is -0.0150. The maximum Gasteiger partial charge on any atom is 0.169 e. The summed E-state index contributed by atoms with van der Waals surface area (Å²) in [6, 6.07) is 3.76. The van der Waals surface area contributed by atoms with E-state index in [1.165, 1.54) is 12.1 Å². The monoisotopic (exact) mass is 252 g/mol. The van der Waals surface area contributed by atoms with Crippen molar-refractivity contribution in [2.75, 3.05) is 0 Å². The van der Waals surface area contributed by atoms with Crippen LogP contribution in [-0.2, 0) is 4.74 Å². The molecule has 18 heavy (non-hydrogen) atoms. The molecule has 3 rings (SSSR count). The highest BCUT2D eigenvalue weighted by atomic mass is 19.2. The second-order valence-corrected chi connectivity index (χ2v) is 5.09. The fourth-order valence-corrected chi connectivity index (χ4v) is 2.99. The van der Waals surface area contributed by atoms with Gasteiger partial charge in [0.25, 0.3) is 0 Å². The lowest BCUT2D eigenvalue weighted by Gasteiger charge is -2.27. The number of hydrogen-bond acceptors (Lipinski definition) is 2. The van der Waals surface area contributed by atoms with Gasteiger partial charge in [-0.1, -0.05) is 6.07 Å². The van der Waals surface area contributed by atoms with E-state index in [4.69, 9.17) is 4.74 Å². The molecule has 1 aromatic rings. The van der Waals surface area contributed by atoms with Gasteiger partial charge >= 0.3 is 0 Å². The number of carbonyl (C=O) groups is 1. The Bertz CT molecular complexity index is 475. The molecule has 0 spiro atoms. The Labute approximate surface area is 104 Å². The third-order valence-corrected chi connectivity index (χ3v) is 3.88. The van der Waals surface area contributed by atoms with Crippen LogP contribution in [0.2, 0.25) is 0 Å². The van der Waals surface area contributed by atoms with Gasteiger partial charge in [0, 0.05) is 5.92 Å². The van der Waals surface area contributed by atoms with Gasteiger partial charge in [0.15, 0.2) is 17.4 Å². The van der Waals surface area contributed by atoms with Gasteiger partial charge in [-0.2, -0.15) is 0 Å². The summed E-state index contributed by atoms with van der Waals surface area (Å²) >= 11 is 0. The van der Waals surface area contributed by atoms with Crippen molar-refractivity contribution in [2.45, 2.75) is 37.9 Å². The number of ketones is 1. The smallest absolute Gasteiger partial charge is 0.169 e. The molecule has 96 valence electrons. The molecule has 4 heteroatoms. The summed E-state index contributed by atoms with van der Waals surface area (Å²) < 4.78 is 32.4. The van der Waals surface area contributed by atoms with Gasteiger partial charge < -0.3 is 4.74 Å². The maximum absolute atomic E-state index is 13.6. The number of Topliss-reactive ketones (excluding diaryl/α,β-unsaturated/α-hetero) is 1. The van der Waals surface area contributed by atoms with Gasteiger partial charge in [-0.25, -0.2) is 8.78 Å². The quantitative estimate of drug-likeness (QED) is 0.756. The Morgan fingerprint density at radius 2 is 1.83 bits per heavy atom. The zero-order valence-corrected chi connectivity index (χ0v) is 9.86. The van der Waals surface area contributed by atoms with Crippen LogP contribution < -0.4 is 0 Å². The van der Waals surface area contributed by atoms with Crippen LogP contribution in [-0.4, -0.2) is 18.0 Å². The highest BCUT2D eigenvalue weighted by Gasteiger charge is 2.38. The van der Waals surface area contributed by atoms with Crippen LogP contribution in [0.25, 0.3) is 0 Å². The van der Waals surface area contributed by atoms with E-state index >= 15 is 0 Å². The lowest BCUT2D eigenvalue weighted by Crippen LogP contribution is -2.30. The first-order valence-electron chi connectivity index (χ1n) is 6.29. The normalized spacial score (nSPS) is 30.4. The minimum absolute atomic E-state index is 0.120. The van der Waals surface area contributed by atoms with Gasteiger partial charge in [0.2, 0.25) is 0 Å². The third kappa shape index (κ3) is 1.94. The number of carbonyl (C=O) groups excluding carboxylic acids is 1. The van der Waals surface area contributed by atoms with Crippen molar-refractivity contribution < 1.29 is 18.3 Å². The van der Waals surface area contributed by atoms with Crippen molar-refractivity contribution in [3.8, 4) is 0 Å². The fourth-order valence-electron chi connectivity index (χ4n) is 2.99. The first kappa shape index (κ1) is 11.8. The van der Waals surface area contributed by atoms with E-state index in [0.717, 1.165) is 18.9 Å². The molecule has 2 aliphatic heterocycles. The Morgan fingerprint density at radius 3 is 2.50 bits per heavy atom. The second-order valence-electron chi connectivity index (χ2n) is 5.09. The van der Waals surface area contributed by atoms with Crippen LogP contribution >= 0.6 is 0 Å². The van der Waals surface area contributed by atoms with Crippen molar-refractivity contribution in [1.29, 1.82) is 0 Å². The average molecular weight is 252 g/mol. The molecule has 2 fully saturated rings. The number of fused-ring (bicyclic) bond motifs is 2. The minimum Gasteiger partial charge on any atom is -0.375 e. The number of ether oxygens (including phenoxy) is 1. The van der Waals surface area contributed by atoms with Crippen LogP contribution in [0.15, 0.2) is 18.2 Å². The van der Waals surface area contributed by atoms with Gasteiger partial charge in [-0.3, -0.25) is 4.79 Å². The Morgan fingerprint density at radius 1 is 1.17 bits per heavy atom. The molecule has 0 aliphatic carbocycles. The predicted octanol–water partition coefficient (Wildman–Crippen LogP) is 3.11. The molecular formula is C14H14F2O2. The zero-order valence-electron chi connectivity index (χ0n) is 9.86. The third-order valence-electron chi connectivity index (χ3n) is 3.88. The molecule has 1 aromatic carbocycles. The van der Waals surface area contributed by atoms with Crippen LogP contribution in [0.3, 0.4) is 0 Å². The van der Waals surface area contributed by atoms with Crippen molar-refractivity contribution in [3.05, 3.63) is 35.4 Å². The van der Waals surface area contributed by atoms with Gasteiger partial charge in [-0.05, 0) is 37.8 Å². The van der Waals surface area contributed by atoms with Crippen LogP contribution in [0.1, 0.15) is 36.0 Å². The van der Waals surface area contributed by atoms with E-state index < -0.39 is 11.6 Å². The molecule has 2 saturated heterocycles. The minimum atomic E-state index is -1.03. The first-order chi connectivity index (χ1) is 8.65. The highest BCUT2D eigenvalue weighted by molar-refractivity contribution is 5.98. The van der Waals surface area contributed by atoms with Crippen molar-refractivity contribution >= 4 is 5.78 Å². The molecule has 2 bridgehead atoms. The van der Waals surface area contributed by atoms with Gasteiger partial charge in [0.05, 0.1) is 17.8 Å². The summed E-state index contributed by atoms with van der Waals surface area (Å²) in [4.78, 5) is 12.2. The summed E-state index contributed by atoms with van der Waals surface area (Å²) in [5.74, 6) is -2.50. The molecule has 0 saturated carbocycles. The Hall–Kier alpha value is -1.29. The van der Waals surface area contributed by atoms with Gasteiger partial charge in [0.1, 0.15) is 0 Å². The lowest BCUT2D eigenvalue weighted by atomic mass is 9.88. The molecule has 0 amide bonds. The molecule has 2 unspecified atom stereocenters. The first-order valence-corrected chi connectivity index (χ1v) is 6.29. The molecular weight excluding hydrogens is 238 g/mol. The number of hydrogen-bond donors (Lipinski definition) is 0. The molecule has 2 heterocycles. The fraction of sp³-hybridized carbons (Fsp3) is 0.500. The highest BCUT2D eigenvalue weighted by Crippen LogP contribution is 2.37. The van der Waals surface area contributed by atoms with Crippen molar-refractivity contribution in [3.63, 3.8) is 0 Å². The summed E-state index contributed by atoms with van der Waals surface area (Å²) in [6.07, 6.45) is 3.44. The van der Waals surface area contributed by atoms with E-state index in [9.17, 15) is 13.6 Å². The average Bonchev–Trinajstić information content (AvgIpc) is 2.71. The SMILES string of the molecule is O=C(c1cccc(F)c1F)C1CC2CCC(C1)O2. The van der Waals surface area contributed by atoms with E-state index in [1.54, 1.807) is 0 Å².